The van der Waals surface area contributed by atoms with Crippen molar-refractivity contribution in [1.82, 2.24) is 14.7 Å². The maximum absolute atomic E-state index is 2.00. The Morgan fingerprint density at radius 1 is 0.429 bits per heavy atom. The summed E-state index contributed by atoms with van der Waals surface area (Å²) in [6.07, 6.45) is 0. The molecule has 0 saturated carbocycles. The van der Waals surface area contributed by atoms with E-state index in [1.807, 2.05) is 78.1 Å². The van der Waals surface area contributed by atoms with E-state index in [9.17, 15) is 0 Å². The van der Waals surface area contributed by atoms with Gasteiger partial charge < -0.3 is 14.7 Å². The van der Waals surface area contributed by atoms with Gasteiger partial charge in [0, 0.05) is 0 Å². The van der Waals surface area contributed by atoms with Gasteiger partial charge in [-0.1, -0.05) is 0 Å². The molecule has 0 aromatic heterocycles. The van der Waals surface area contributed by atoms with Crippen LogP contribution in [0.1, 0.15) is 0 Å². The van der Waals surface area contributed by atoms with Crippen LogP contribution in [0.2, 0.25) is 0 Å². The average molecular weight is 260 g/mol. The molecule has 14 heavy (non-hydrogen) atoms. The van der Waals surface area contributed by atoms with Crippen LogP contribution in [0.15, 0.2) is 0 Å². The first-order valence-electron chi connectivity index (χ1n) is 4.02. The molecule has 0 heterocycles. The molecule has 0 aromatic rings. The fraction of sp³-hybridized carbons (Fsp3) is 1.00. The van der Waals surface area contributed by atoms with E-state index in [1.54, 1.807) is 0 Å². The van der Waals surface area contributed by atoms with Crippen molar-refractivity contribution >= 4 is 89.1 Å². The van der Waals surface area contributed by atoms with Crippen molar-refractivity contribution in [2.24, 2.45) is 0 Å². The second-order valence-corrected chi connectivity index (χ2v) is 4.02. The molecule has 0 rings (SSSR count). The summed E-state index contributed by atoms with van der Waals surface area (Å²) in [5.41, 5.74) is 0. The van der Waals surface area contributed by atoms with Crippen molar-refractivity contribution < 1.29 is 0 Å². The van der Waals surface area contributed by atoms with Crippen molar-refractivity contribution in [3.8, 4) is 0 Å². The van der Waals surface area contributed by atoms with Gasteiger partial charge in [-0.3, -0.25) is 0 Å². The van der Waals surface area contributed by atoms with Crippen LogP contribution in [0, 0.1) is 0 Å². The molecular weight excluding hydrogens is 229 g/mol. The molecule has 0 bridgehead atoms. The standard InChI is InChI=1S/3C3H9N.Ca.K.3H/c3*1-4(2)3;;;;;/h3*1-3H3;;;;;. The van der Waals surface area contributed by atoms with Gasteiger partial charge in [0.05, 0.1) is 0 Å². The van der Waals surface area contributed by atoms with Gasteiger partial charge in [-0.25, -0.2) is 0 Å². The van der Waals surface area contributed by atoms with Crippen LogP contribution in [-0.4, -0.2) is 167 Å². The summed E-state index contributed by atoms with van der Waals surface area (Å²) in [6.45, 7) is 0. The SMILES string of the molecule is CN(C)C.CN(C)C.CN(C)C.[CaH2].[KH]. The number of nitrogens with zero attached hydrogens (tertiary/aromatic N) is 3. The molecule has 5 heteroatoms. The predicted octanol–water partition coefficient (Wildman–Crippen LogP) is -1.03. The van der Waals surface area contributed by atoms with Gasteiger partial charge >= 0.3 is 89.1 Å². The fourth-order valence-electron chi connectivity index (χ4n) is 0. The monoisotopic (exact) mass is 259 g/mol. The summed E-state index contributed by atoms with van der Waals surface area (Å²) < 4.78 is 0. The van der Waals surface area contributed by atoms with Crippen molar-refractivity contribution in [3.63, 3.8) is 0 Å². The molecule has 0 radical (unpaired) electrons. The van der Waals surface area contributed by atoms with Gasteiger partial charge in [0.15, 0.2) is 0 Å². The molecule has 3 nitrogen and oxygen atoms in total. The minimum absolute atomic E-state index is 0. The van der Waals surface area contributed by atoms with Gasteiger partial charge in [-0.2, -0.15) is 0 Å². The molecule has 0 fully saturated rings. The van der Waals surface area contributed by atoms with Crippen molar-refractivity contribution in [3.05, 3.63) is 0 Å². The molecule has 0 unspecified atom stereocenters. The number of hydrogen-bond acceptors (Lipinski definition) is 3. The minimum atomic E-state index is 0. The fourth-order valence-corrected chi connectivity index (χ4v) is 0. The summed E-state index contributed by atoms with van der Waals surface area (Å²) in [7, 11) is 18.0. The van der Waals surface area contributed by atoms with Gasteiger partial charge in [-0.15, -0.1) is 0 Å². The van der Waals surface area contributed by atoms with Gasteiger partial charge in [0.25, 0.3) is 0 Å². The van der Waals surface area contributed by atoms with Crippen LogP contribution >= 0.6 is 0 Å². The Kier molecular flexibility index (Phi) is 53.4. The first kappa shape index (κ1) is 30.1. The summed E-state index contributed by atoms with van der Waals surface area (Å²) in [5, 5.41) is 0. The Bertz CT molecular complexity index is 48.5. The Morgan fingerprint density at radius 2 is 0.429 bits per heavy atom. The second-order valence-electron chi connectivity index (χ2n) is 4.02. The van der Waals surface area contributed by atoms with Crippen molar-refractivity contribution in [2.75, 3.05) is 63.4 Å². The average Bonchev–Trinajstić information content (AvgIpc) is 1.54. The Labute approximate surface area is 164 Å². The van der Waals surface area contributed by atoms with Gasteiger partial charge in [0.2, 0.25) is 0 Å². The van der Waals surface area contributed by atoms with E-state index in [1.165, 1.54) is 0 Å². The topological polar surface area (TPSA) is 9.72 Å². The Morgan fingerprint density at radius 3 is 0.429 bits per heavy atom. The zero-order chi connectivity index (χ0) is 10.7. The molecular formula is C9H30CaKN3. The Hall–Kier alpha value is 2.78. The molecule has 84 valence electrons. The quantitative estimate of drug-likeness (QED) is 0.515. The first-order chi connectivity index (χ1) is 5.20. The second kappa shape index (κ2) is 24.8. The Balaban J connectivity index is -0.0000000270. The third-order valence-electron chi connectivity index (χ3n) is 0. The molecule has 0 aliphatic rings. The van der Waals surface area contributed by atoms with Gasteiger partial charge in [0.1, 0.15) is 0 Å². The van der Waals surface area contributed by atoms with E-state index < -0.39 is 0 Å². The van der Waals surface area contributed by atoms with E-state index in [4.69, 9.17) is 0 Å². The number of rotatable bonds is 0. The van der Waals surface area contributed by atoms with Gasteiger partial charge in [-0.05, 0) is 63.4 Å². The summed E-state index contributed by atoms with van der Waals surface area (Å²) in [4.78, 5) is 6.00. The normalized spacial score (nSPS) is 7.71. The molecule has 0 N–H and O–H groups in total. The molecule has 0 atom stereocenters. The van der Waals surface area contributed by atoms with Crippen LogP contribution in [0.25, 0.3) is 0 Å². The molecule has 0 saturated heterocycles. The molecule has 0 aliphatic carbocycles. The third kappa shape index (κ3) is 364. The van der Waals surface area contributed by atoms with Crippen molar-refractivity contribution in [2.45, 2.75) is 0 Å². The molecule has 0 spiro atoms. The summed E-state index contributed by atoms with van der Waals surface area (Å²) in [6, 6.07) is 0. The van der Waals surface area contributed by atoms with E-state index >= 15 is 0 Å². The molecule has 0 aliphatic heterocycles. The molecule has 0 aromatic carbocycles. The third-order valence-corrected chi connectivity index (χ3v) is 0. The van der Waals surface area contributed by atoms with E-state index in [-0.39, 0.29) is 89.1 Å². The molecule has 0 amide bonds. The van der Waals surface area contributed by atoms with E-state index in [0.29, 0.717) is 0 Å². The summed E-state index contributed by atoms with van der Waals surface area (Å²) in [5.74, 6) is 0. The summed E-state index contributed by atoms with van der Waals surface area (Å²) >= 11 is 0. The predicted molar refractivity (Wildman–Crippen MR) is 74.5 cm³/mol. The van der Waals surface area contributed by atoms with Crippen LogP contribution in [-0.2, 0) is 0 Å². The van der Waals surface area contributed by atoms with Crippen molar-refractivity contribution in [1.29, 1.82) is 0 Å². The maximum atomic E-state index is 2.00. The van der Waals surface area contributed by atoms with Crippen LogP contribution in [0.4, 0.5) is 0 Å². The van der Waals surface area contributed by atoms with Crippen LogP contribution in [0.3, 0.4) is 0 Å². The zero-order valence-corrected chi connectivity index (χ0v) is 10.3. The van der Waals surface area contributed by atoms with Crippen LogP contribution < -0.4 is 0 Å². The van der Waals surface area contributed by atoms with Crippen LogP contribution in [0.5, 0.6) is 0 Å². The zero-order valence-electron chi connectivity index (χ0n) is 10.3. The van der Waals surface area contributed by atoms with E-state index in [2.05, 4.69) is 0 Å². The first-order valence-corrected chi connectivity index (χ1v) is 4.02. The van der Waals surface area contributed by atoms with E-state index in [0.717, 1.165) is 0 Å². The number of hydrogen-bond donors (Lipinski definition) is 0.